The minimum atomic E-state index is -0.00903. The van der Waals surface area contributed by atoms with Crippen LogP contribution in [0.1, 0.15) is 57.0 Å². The van der Waals surface area contributed by atoms with Crippen LogP contribution >= 0.6 is 0 Å². The number of aliphatic hydroxyl groups excluding tert-OH is 1. The summed E-state index contributed by atoms with van der Waals surface area (Å²) in [5, 5.41) is 17.4. The van der Waals surface area contributed by atoms with Crippen molar-refractivity contribution in [3.05, 3.63) is 11.4 Å². The molecule has 1 aliphatic rings. The molecule has 1 aromatic rings. The Balaban J connectivity index is 2.32. The molecule has 4 heteroatoms. The molecule has 1 fully saturated rings. The van der Waals surface area contributed by atoms with Crippen LogP contribution in [0.25, 0.3) is 0 Å². The molecule has 1 aliphatic carbocycles. The van der Waals surface area contributed by atoms with Crippen molar-refractivity contribution in [1.82, 2.24) is 15.0 Å². The zero-order valence-electron chi connectivity index (χ0n) is 9.64. The van der Waals surface area contributed by atoms with E-state index in [4.69, 9.17) is 0 Å². The van der Waals surface area contributed by atoms with Gasteiger partial charge in [0.25, 0.3) is 0 Å². The van der Waals surface area contributed by atoms with Gasteiger partial charge in [-0.05, 0) is 31.6 Å². The number of hydrogen-bond donors (Lipinski definition) is 1. The molecule has 0 aliphatic heterocycles. The van der Waals surface area contributed by atoms with Crippen LogP contribution < -0.4 is 0 Å². The lowest BCUT2D eigenvalue weighted by molar-refractivity contribution is 0.274. The second-order valence-corrected chi connectivity index (χ2v) is 4.76. The van der Waals surface area contributed by atoms with Crippen molar-refractivity contribution in [2.45, 2.75) is 52.2 Å². The van der Waals surface area contributed by atoms with Gasteiger partial charge in [-0.15, -0.1) is 5.10 Å². The highest BCUT2D eigenvalue weighted by molar-refractivity contribution is 5.14. The van der Waals surface area contributed by atoms with Gasteiger partial charge in [-0.25, -0.2) is 4.68 Å². The number of aliphatic hydroxyl groups is 1. The monoisotopic (exact) mass is 209 g/mol. The summed E-state index contributed by atoms with van der Waals surface area (Å²) in [6.45, 7) is 6.42. The molecule has 15 heavy (non-hydrogen) atoms. The maximum atomic E-state index is 9.20. The molecule has 1 N–H and O–H groups in total. The van der Waals surface area contributed by atoms with Gasteiger partial charge in [-0.2, -0.15) is 0 Å². The molecule has 0 amide bonds. The third-order valence-corrected chi connectivity index (χ3v) is 3.19. The van der Waals surface area contributed by atoms with Crippen LogP contribution in [-0.4, -0.2) is 20.1 Å². The summed E-state index contributed by atoms with van der Waals surface area (Å²) < 4.78 is 2.01. The van der Waals surface area contributed by atoms with Gasteiger partial charge < -0.3 is 5.11 Å². The third kappa shape index (κ3) is 1.91. The van der Waals surface area contributed by atoms with Crippen LogP contribution in [0.2, 0.25) is 0 Å². The molecular weight excluding hydrogens is 190 g/mol. The maximum Gasteiger partial charge on any atom is 0.112 e. The SMILES string of the molecule is CC(C)c1c(CO)nnn1C(C)C1CC1. The summed E-state index contributed by atoms with van der Waals surface area (Å²) in [5.74, 6) is 1.12. The predicted molar refractivity (Wildman–Crippen MR) is 57.5 cm³/mol. The van der Waals surface area contributed by atoms with E-state index in [9.17, 15) is 5.11 Å². The number of nitrogens with zero attached hydrogens (tertiary/aromatic N) is 3. The fourth-order valence-corrected chi connectivity index (χ4v) is 2.12. The fraction of sp³-hybridized carbons (Fsp3) is 0.818. The Morgan fingerprint density at radius 1 is 1.40 bits per heavy atom. The summed E-state index contributed by atoms with van der Waals surface area (Å²) in [4.78, 5) is 0. The van der Waals surface area contributed by atoms with Crippen molar-refractivity contribution in [3.8, 4) is 0 Å². The van der Waals surface area contributed by atoms with Gasteiger partial charge in [0.1, 0.15) is 5.69 Å². The number of rotatable bonds is 4. The quantitative estimate of drug-likeness (QED) is 0.823. The van der Waals surface area contributed by atoms with Crippen molar-refractivity contribution >= 4 is 0 Å². The molecule has 1 unspecified atom stereocenters. The number of aromatic nitrogens is 3. The molecule has 4 nitrogen and oxygen atoms in total. The van der Waals surface area contributed by atoms with Crippen LogP contribution in [0.15, 0.2) is 0 Å². The highest BCUT2D eigenvalue weighted by Gasteiger charge is 2.32. The van der Waals surface area contributed by atoms with E-state index in [0.29, 0.717) is 12.0 Å². The minimum absolute atomic E-state index is 0.00903. The molecule has 1 saturated carbocycles. The molecule has 0 aromatic carbocycles. The second kappa shape index (κ2) is 3.93. The van der Waals surface area contributed by atoms with E-state index in [1.807, 2.05) is 4.68 Å². The Bertz CT molecular complexity index is 342. The van der Waals surface area contributed by atoms with Crippen molar-refractivity contribution in [1.29, 1.82) is 0 Å². The molecule has 0 saturated heterocycles. The largest absolute Gasteiger partial charge is 0.390 e. The van der Waals surface area contributed by atoms with Crippen LogP contribution in [0.4, 0.5) is 0 Å². The topological polar surface area (TPSA) is 50.9 Å². The van der Waals surface area contributed by atoms with Crippen molar-refractivity contribution in [3.63, 3.8) is 0 Å². The van der Waals surface area contributed by atoms with E-state index >= 15 is 0 Å². The zero-order chi connectivity index (χ0) is 11.0. The first kappa shape index (κ1) is 10.6. The molecule has 1 atom stereocenters. The van der Waals surface area contributed by atoms with Gasteiger partial charge >= 0.3 is 0 Å². The second-order valence-electron chi connectivity index (χ2n) is 4.76. The molecule has 1 heterocycles. The van der Waals surface area contributed by atoms with E-state index in [1.165, 1.54) is 12.8 Å². The molecule has 0 spiro atoms. The molecule has 0 radical (unpaired) electrons. The van der Waals surface area contributed by atoms with E-state index in [2.05, 4.69) is 31.1 Å². The van der Waals surface area contributed by atoms with E-state index in [-0.39, 0.29) is 6.61 Å². The average Bonchev–Trinajstić information content (AvgIpc) is 2.95. The highest BCUT2D eigenvalue weighted by atomic mass is 16.3. The van der Waals surface area contributed by atoms with E-state index in [0.717, 1.165) is 17.3 Å². The van der Waals surface area contributed by atoms with Gasteiger partial charge in [0, 0.05) is 0 Å². The highest BCUT2D eigenvalue weighted by Crippen LogP contribution is 2.40. The van der Waals surface area contributed by atoms with E-state index in [1.54, 1.807) is 0 Å². The summed E-state index contributed by atoms with van der Waals surface area (Å²) in [5.41, 5.74) is 1.83. The van der Waals surface area contributed by atoms with Gasteiger partial charge in [-0.1, -0.05) is 19.1 Å². The summed E-state index contributed by atoms with van der Waals surface area (Å²) in [7, 11) is 0. The van der Waals surface area contributed by atoms with Gasteiger partial charge in [0.2, 0.25) is 0 Å². The van der Waals surface area contributed by atoms with E-state index < -0.39 is 0 Å². The lowest BCUT2D eigenvalue weighted by Gasteiger charge is -2.16. The van der Waals surface area contributed by atoms with Crippen LogP contribution in [0.3, 0.4) is 0 Å². The van der Waals surface area contributed by atoms with Crippen LogP contribution in [0, 0.1) is 5.92 Å². The standard InChI is InChI=1S/C11H19N3O/c1-7(2)11-10(6-15)12-13-14(11)8(3)9-4-5-9/h7-9,15H,4-6H2,1-3H3. The zero-order valence-corrected chi connectivity index (χ0v) is 9.64. The first-order chi connectivity index (χ1) is 7.15. The molecule has 84 valence electrons. The normalized spacial score (nSPS) is 18.5. The van der Waals surface area contributed by atoms with Crippen molar-refractivity contribution in [2.24, 2.45) is 5.92 Å². The Hall–Kier alpha value is -0.900. The van der Waals surface area contributed by atoms with Crippen molar-refractivity contribution < 1.29 is 5.11 Å². The van der Waals surface area contributed by atoms with Gasteiger partial charge in [-0.3, -0.25) is 0 Å². The fourth-order valence-electron chi connectivity index (χ4n) is 2.12. The lowest BCUT2D eigenvalue weighted by Crippen LogP contribution is -2.14. The first-order valence-electron chi connectivity index (χ1n) is 5.70. The molecule has 2 rings (SSSR count). The summed E-state index contributed by atoms with van der Waals surface area (Å²) in [6, 6.07) is 0.426. The summed E-state index contributed by atoms with van der Waals surface area (Å²) >= 11 is 0. The average molecular weight is 209 g/mol. The first-order valence-corrected chi connectivity index (χ1v) is 5.70. The maximum absolute atomic E-state index is 9.20. The van der Waals surface area contributed by atoms with Gasteiger partial charge in [0.15, 0.2) is 0 Å². The lowest BCUT2D eigenvalue weighted by atomic mass is 10.1. The molecule has 1 aromatic heterocycles. The molecular formula is C11H19N3O. The Labute approximate surface area is 90.3 Å². The molecule has 0 bridgehead atoms. The summed E-state index contributed by atoms with van der Waals surface area (Å²) in [6.07, 6.45) is 2.60. The van der Waals surface area contributed by atoms with Gasteiger partial charge in [0.05, 0.1) is 18.3 Å². The Morgan fingerprint density at radius 3 is 2.53 bits per heavy atom. The Kier molecular flexibility index (Phi) is 2.78. The number of hydrogen-bond acceptors (Lipinski definition) is 3. The third-order valence-electron chi connectivity index (χ3n) is 3.19. The van der Waals surface area contributed by atoms with Crippen molar-refractivity contribution in [2.75, 3.05) is 0 Å². The smallest absolute Gasteiger partial charge is 0.112 e. The Morgan fingerprint density at radius 2 is 2.07 bits per heavy atom. The van der Waals surface area contributed by atoms with Crippen LogP contribution in [-0.2, 0) is 6.61 Å². The minimum Gasteiger partial charge on any atom is -0.390 e. The van der Waals surface area contributed by atoms with Crippen LogP contribution in [0.5, 0.6) is 0 Å². The predicted octanol–water partition coefficient (Wildman–Crippen LogP) is 1.86.